The summed E-state index contributed by atoms with van der Waals surface area (Å²) in [6, 6.07) is 5.61. The van der Waals surface area contributed by atoms with Gasteiger partial charge in [-0.15, -0.1) is 4.36 Å². The van der Waals surface area contributed by atoms with Crippen molar-refractivity contribution in [2.75, 3.05) is 0 Å². The molecule has 1 N–H and O–H groups in total. The average Bonchev–Trinajstić information content (AvgIpc) is 2.03. The van der Waals surface area contributed by atoms with E-state index in [-0.39, 0.29) is 11.3 Å². The smallest absolute Gasteiger partial charge is 0.337 e. The van der Waals surface area contributed by atoms with E-state index in [2.05, 4.69) is 4.36 Å². The van der Waals surface area contributed by atoms with Gasteiger partial charge in [-0.2, -0.15) is 8.42 Å². The highest BCUT2D eigenvalue weighted by Crippen LogP contribution is 2.17. The third-order valence-electron chi connectivity index (χ3n) is 1.31. The summed E-state index contributed by atoms with van der Waals surface area (Å²) in [6.45, 7) is 0. The first-order valence-corrected chi connectivity index (χ1v) is 4.28. The number of hydrogen-bond donors (Lipinski definition) is 1. The standard InChI is InChI=1S/C7H5NO4S/c9-7(10)5-3-1-2-4-6(5)8-13(11)12/h1-4H,(H,9,10). The molecule has 1 rings (SSSR count). The molecule has 0 saturated heterocycles. The minimum atomic E-state index is -2.63. The Morgan fingerprint density at radius 1 is 1.31 bits per heavy atom. The molecule has 0 unspecified atom stereocenters. The second-order valence-corrected chi connectivity index (χ2v) is 2.75. The Bertz CT molecular complexity index is 455. The van der Waals surface area contributed by atoms with Crippen LogP contribution in [0.15, 0.2) is 28.6 Å². The number of hydrogen-bond acceptors (Lipinski definition) is 4. The van der Waals surface area contributed by atoms with Crippen molar-refractivity contribution < 1.29 is 18.3 Å². The lowest BCUT2D eigenvalue weighted by atomic mass is 10.2. The Hall–Kier alpha value is -1.69. The fourth-order valence-electron chi connectivity index (χ4n) is 0.814. The van der Waals surface area contributed by atoms with Crippen LogP contribution in [0.5, 0.6) is 0 Å². The number of benzene rings is 1. The lowest BCUT2D eigenvalue weighted by molar-refractivity contribution is 0.0698. The van der Waals surface area contributed by atoms with E-state index in [1.54, 1.807) is 0 Å². The van der Waals surface area contributed by atoms with Crippen LogP contribution in [-0.2, 0) is 10.5 Å². The molecule has 1 aromatic carbocycles. The van der Waals surface area contributed by atoms with Gasteiger partial charge in [0.25, 0.3) is 0 Å². The summed E-state index contributed by atoms with van der Waals surface area (Å²) < 4.78 is 23.5. The Kier molecular flexibility index (Phi) is 2.76. The molecule has 1 aromatic rings. The van der Waals surface area contributed by atoms with Crippen molar-refractivity contribution in [1.29, 1.82) is 0 Å². The van der Waals surface area contributed by atoms with Crippen LogP contribution < -0.4 is 0 Å². The van der Waals surface area contributed by atoms with E-state index in [9.17, 15) is 13.2 Å². The summed E-state index contributed by atoms with van der Waals surface area (Å²) in [5.74, 6) is -1.20. The van der Waals surface area contributed by atoms with Gasteiger partial charge < -0.3 is 5.11 Å². The molecule has 0 aliphatic heterocycles. The molecule has 0 amide bonds. The van der Waals surface area contributed by atoms with Crippen LogP contribution in [0.2, 0.25) is 0 Å². The summed E-state index contributed by atoms with van der Waals surface area (Å²) in [6.07, 6.45) is 0. The molecule has 0 bridgehead atoms. The first-order valence-electron chi connectivity index (χ1n) is 3.24. The van der Waals surface area contributed by atoms with Crippen LogP contribution in [0.4, 0.5) is 5.69 Å². The second kappa shape index (κ2) is 3.81. The third kappa shape index (κ3) is 2.38. The Labute approximate surface area is 75.3 Å². The SMILES string of the molecule is O=C(O)c1ccccc1N=S(=O)=O. The lowest BCUT2D eigenvalue weighted by Crippen LogP contribution is -1.95. The number of nitrogens with zero attached hydrogens (tertiary/aromatic N) is 1. The van der Waals surface area contributed by atoms with Gasteiger partial charge >= 0.3 is 16.5 Å². The van der Waals surface area contributed by atoms with Gasteiger partial charge in [-0.05, 0) is 12.1 Å². The van der Waals surface area contributed by atoms with Gasteiger partial charge in [0, 0.05) is 0 Å². The first-order chi connectivity index (χ1) is 6.11. The highest BCUT2D eigenvalue weighted by molar-refractivity contribution is 7.61. The predicted molar refractivity (Wildman–Crippen MR) is 44.4 cm³/mol. The van der Waals surface area contributed by atoms with E-state index < -0.39 is 16.5 Å². The molecular weight excluding hydrogens is 194 g/mol. The first kappa shape index (κ1) is 9.40. The number of aromatic carboxylic acids is 1. The molecule has 5 nitrogen and oxygen atoms in total. The van der Waals surface area contributed by atoms with Gasteiger partial charge in [0.15, 0.2) is 0 Å². The van der Waals surface area contributed by atoms with Crippen molar-refractivity contribution in [3.63, 3.8) is 0 Å². The van der Waals surface area contributed by atoms with Crippen LogP contribution in [0.25, 0.3) is 0 Å². The second-order valence-electron chi connectivity index (χ2n) is 2.13. The highest BCUT2D eigenvalue weighted by Gasteiger charge is 2.07. The van der Waals surface area contributed by atoms with E-state index in [4.69, 9.17) is 5.11 Å². The number of carboxylic acid groups (broad SMARTS) is 1. The van der Waals surface area contributed by atoms with Crippen LogP contribution >= 0.6 is 0 Å². The van der Waals surface area contributed by atoms with Crippen molar-refractivity contribution in [2.24, 2.45) is 4.36 Å². The lowest BCUT2D eigenvalue weighted by Gasteiger charge is -1.95. The maximum atomic E-state index is 10.5. The van der Waals surface area contributed by atoms with Crippen LogP contribution in [0.3, 0.4) is 0 Å². The van der Waals surface area contributed by atoms with Crippen LogP contribution in [0.1, 0.15) is 10.4 Å². The third-order valence-corrected chi connectivity index (χ3v) is 1.65. The molecular formula is C7H5NO4S. The van der Waals surface area contributed by atoms with E-state index in [1.165, 1.54) is 24.3 Å². The molecule has 0 aromatic heterocycles. The van der Waals surface area contributed by atoms with E-state index in [1.807, 2.05) is 0 Å². The van der Waals surface area contributed by atoms with Gasteiger partial charge in [0.2, 0.25) is 0 Å². The number of carboxylic acids is 1. The molecule has 0 atom stereocenters. The Morgan fingerprint density at radius 2 is 1.92 bits per heavy atom. The van der Waals surface area contributed by atoms with Gasteiger partial charge in [0.05, 0.1) is 11.3 Å². The zero-order chi connectivity index (χ0) is 9.84. The van der Waals surface area contributed by atoms with Crippen molar-refractivity contribution in [3.05, 3.63) is 29.8 Å². The van der Waals surface area contributed by atoms with Crippen molar-refractivity contribution in [3.8, 4) is 0 Å². The van der Waals surface area contributed by atoms with Crippen molar-refractivity contribution >= 4 is 22.2 Å². The fraction of sp³-hybridized carbons (Fsp3) is 0. The summed E-state index contributed by atoms with van der Waals surface area (Å²) >= 11 is 0. The van der Waals surface area contributed by atoms with E-state index in [0.717, 1.165) is 0 Å². The molecule has 0 radical (unpaired) electrons. The van der Waals surface area contributed by atoms with Gasteiger partial charge in [-0.25, -0.2) is 4.79 Å². The minimum absolute atomic E-state index is 0.0664. The molecule has 0 aliphatic carbocycles. The summed E-state index contributed by atoms with van der Waals surface area (Å²) in [5.41, 5.74) is -0.199. The molecule has 6 heteroatoms. The van der Waals surface area contributed by atoms with Crippen LogP contribution in [-0.4, -0.2) is 19.5 Å². The molecule has 0 saturated carbocycles. The predicted octanol–water partition coefficient (Wildman–Crippen LogP) is 1.08. The number of rotatable bonds is 2. The normalized spacial score (nSPS) is 9.23. The van der Waals surface area contributed by atoms with E-state index in [0.29, 0.717) is 0 Å². The highest BCUT2D eigenvalue weighted by atomic mass is 32.2. The Balaban J connectivity index is 3.36. The van der Waals surface area contributed by atoms with Gasteiger partial charge in [-0.1, -0.05) is 12.1 Å². The minimum Gasteiger partial charge on any atom is -0.478 e. The summed E-state index contributed by atoms with van der Waals surface area (Å²) in [4.78, 5) is 10.5. The molecule has 0 heterocycles. The Morgan fingerprint density at radius 3 is 2.46 bits per heavy atom. The van der Waals surface area contributed by atoms with E-state index >= 15 is 0 Å². The monoisotopic (exact) mass is 199 g/mol. The maximum Gasteiger partial charge on any atom is 0.337 e. The average molecular weight is 199 g/mol. The van der Waals surface area contributed by atoms with Crippen LogP contribution in [0, 0.1) is 0 Å². The molecule has 0 aliphatic rings. The summed E-state index contributed by atoms with van der Waals surface area (Å²) in [7, 11) is -2.63. The molecule has 68 valence electrons. The van der Waals surface area contributed by atoms with Crippen molar-refractivity contribution in [2.45, 2.75) is 0 Å². The van der Waals surface area contributed by atoms with Gasteiger partial charge in [0.1, 0.15) is 0 Å². The molecule has 0 fully saturated rings. The largest absolute Gasteiger partial charge is 0.478 e. The summed E-state index contributed by atoms with van der Waals surface area (Å²) in [5, 5.41) is 8.62. The number of carbonyl (C=O) groups is 1. The fourth-order valence-corrected chi connectivity index (χ4v) is 1.13. The zero-order valence-electron chi connectivity index (χ0n) is 6.34. The van der Waals surface area contributed by atoms with Gasteiger partial charge in [-0.3, -0.25) is 0 Å². The zero-order valence-corrected chi connectivity index (χ0v) is 7.15. The quantitative estimate of drug-likeness (QED) is 0.772. The maximum absolute atomic E-state index is 10.5. The molecule has 0 spiro atoms. The van der Waals surface area contributed by atoms with Crippen molar-refractivity contribution in [1.82, 2.24) is 0 Å². The molecule has 13 heavy (non-hydrogen) atoms. The topological polar surface area (TPSA) is 83.8 Å².